The molecule has 0 radical (unpaired) electrons. The van der Waals surface area contributed by atoms with E-state index in [0.717, 1.165) is 22.3 Å². The average Bonchev–Trinajstić information content (AvgIpc) is 3.18. The number of ether oxygens (including phenoxy) is 2. The smallest absolute Gasteiger partial charge is 0.511 e. The van der Waals surface area contributed by atoms with Gasteiger partial charge < -0.3 is 30.5 Å². The number of allylic oxidation sites excluding steroid dienone is 1. The maximum Gasteiger partial charge on any atom is 0.573 e. The second kappa shape index (κ2) is 10.9. The highest BCUT2D eigenvalue weighted by Gasteiger charge is 2.37. The van der Waals surface area contributed by atoms with Crippen LogP contribution in [0.2, 0.25) is 5.02 Å². The second-order valence-corrected chi connectivity index (χ2v) is 9.28. The quantitative estimate of drug-likeness (QED) is 0.352. The molecule has 10 nitrogen and oxygen atoms in total. The highest BCUT2D eigenvalue weighted by molar-refractivity contribution is 6.30. The summed E-state index contributed by atoms with van der Waals surface area (Å²) in [6, 6.07) is 11.2. The van der Waals surface area contributed by atoms with Gasteiger partial charge in [-0.1, -0.05) is 29.8 Å². The lowest BCUT2D eigenvalue weighted by Crippen LogP contribution is -2.43. The van der Waals surface area contributed by atoms with E-state index in [1.165, 1.54) is 34.7 Å². The Morgan fingerprint density at radius 3 is 2.51 bits per heavy atom. The van der Waals surface area contributed by atoms with Gasteiger partial charge >= 0.3 is 12.1 Å². The fourth-order valence-corrected chi connectivity index (χ4v) is 4.19. The summed E-state index contributed by atoms with van der Waals surface area (Å²) < 4.78 is 50.1. The van der Waals surface area contributed by atoms with Gasteiger partial charge in [0.25, 0.3) is 11.9 Å². The van der Waals surface area contributed by atoms with Crippen molar-refractivity contribution in [3.63, 3.8) is 0 Å². The molecule has 1 aliphatic rings. The van der Waals surface area contributed by atoms with Crippen molar-refractivity contribution in [2.45, 2.75) is 38.8 Å². The van der Waals surface area contributed by atoms with E-state index in [1.54, 1.807) is 31.2 Å². The Morgan fingerprint density at radius 2 is 1.87 bits per heavy atom. The second-order valence-electron chi connectivity index (χ2n) is 8.84. The molecule has 4 N–H and O–H groups in total. The van der Waals surface area contributed by atoms with Crippen LogP contribution in [0, 0.1) is 0 Å². The lowest BCUT2D eigenvalue weighted by molar-refractivity contribution is -0.274. The van der Waals surface area contributed by atoms with Gasteiger partial charge in [-0.15, -0.1) is 13.2 Å². The number of fused-ring (bicyclic) bond motifs is 1. The normalized spacial score (nSPS) is 16.0. The van der Waals surface area contributed by atoms with Gasteiger partial charge in [0, 0.05) is 30.7 Å². The van der Waals surface area contributed by atoms with Crippen molar-refractivity contribution in [3.05, 3.63) is 91.8 Å². The third kappa shape index (κ3) is 6.49. The van der Waals surface area contributed by atoms with Crippen LogP contribution < -0.4 is 36.7 Å². The van der Waals surface area contributed by atoms with E-state index in [0.29, 0.717) is 5.02 Å². The van der Waals surface area contributed by atoms with Crippen LogP contribution in [0.1, 0.15) is 12.5 Å². The summed E-state index contributed by atoms with van der Waals surface area (Å²) in [5.74, 6) is -0.635. The van der Waals surface area contributed by atoms with E-state index in [-0.39, 0.29) is 29.6 Å². The number of nitrogens with one attached hydrogen (secondary N) is 1. The van der Waals surface area contributed by atoms with Gasteiger partial charge in [0.05, 0.1) is 6.54 Å². The molecule has 39 heavy (non-hydrogen) atoms. The summed E-state index contributed by atoms with van der Waals surface area (Å²) in [7, 11) is 1.43. The van der Waals surface area contributed by atoms with Crippen molar-refractivity contribution in [2.75, 3.05) is 10.2 Å². The highest BCUT2D eigenvalue weighted by atomic mass is 35.5. The van der Waals surface area contributed by atoms with Crippen molar-refractivity contribution < 1.29 is 27.8 Å². The first-order valence-electron chi connectivity index (χ1n) is 11.6. The van der Waals surface area contributed by atoms with Crippen molar-refractivity contribution in [1.29, 1.82) is 0 Å². The SMILES string of the molecule is CC(N)/C=C(\O)Cn1c(=O)c2c(n(C)c1=O)NC(Oc1cccc(OC(F)(F)F)c1)N2Cc1ccc(Cl)cc1. The molecule has 2 aromatic carbocycles. The van der Waals surface area contributed by atoms with Crippen molar-refractivity contribution in [3.8, 4) is 11.5 Å². The maximum atomic E-state index is 13.6. The molecule has 2 heterocycles. The summed E-state index contributed by atoms with van der Waals surface area (Å²) in [5, 5.41) is 13.7. The van der Waals surface area contributed by atoms with Crippen molar-refractivity contribution in [2.24, 2.45) is 12.8 Å². The van der Waals surface area contributed by atoms with Crippen LogP contribution in [0.4, 0.5) is 24.7 Å². The number of nitrogens with zero attached hydrogens (tertiary/aromatic N) is 3. The first-order chi connectivity index (χ1) is 18.3. The highest BCUT2D eigenvalue weighted by Crippen LogP contribution is 2.34. The lowest BCUT2D eigenvalue weighted by atomic mass is 10.2. The van der Waals surface area contributed by atoms with E-state index in [2.05, 4.69) is 10.1 Å². The van der Waals surface area contributed by atoms with Crippen LogP contribution >= 0.6 is 11.6 Å². The van der Waals surface area contributed by atoms with Gasteiger partial charge in [0.15, 0.2) is 0 Å². The summed E-state index contributed by atoms with van der Waals surface area (Å²) >= 11 is 6.00. The Labute approximate surface area is 225 Å². The van der Waals surface area contributed by atoms with E-state index in [9.17, 15) is 27.9 Å². The Hall–Kier alpha value is -4.10. The van der Waals surface area contributed by atoms with Crippen LogP contribution in [-0.2, 0) is 20.1 Å². The molecule has 1 aliphatic heterocycles. The monoisotopic (exact) mass is 567 g/mol. The third-order valence-electron chi connectivity index (χ3n) is 5.68. The van der Waals surface area contributed by atoms with Crippen LogP contribution in [0.5, 0.6) is 11.5 Å². The molecule has 2 atom stereocenters. The number of hydrogen-bond acceptors (Lipinski definition) is 8. The summed E-state index contributed by atoms with van der Waals surface area (Å²) in [4.78, 5) is 28.1. The number of aromatic nitrogens is 2. The zero-order valence-electron chi connectivity index (χ0n) is 20.8. The summed E-state index contributed by atoms with van der Waals surface area (Å²) in [5.41, 5.74) is 5.00. The van der Waals surface area contributed by atoms with E-state index in [4.69, 9.17) is 22.1 Å². The minimum absolute atomic E-state index is 0.00555. The predicted octanol–water partition coefficient (Wildman–Crippen LogP) is 3.68. The number of hydrogen-bond donors (Lipinski definition) is 3. The number of aliphatic hydroxyl groups excluding tert-OH is 1. The zero-order valence-corrected chi connectivity index (χ0v) is 21.5. The van der Waals surface area contributed by atoms with E-state index < -0.39 is 42.3 Å². The van der Waals surface area contributed by atoms with Crippen LogP contribution in [0.25, 0.3) is 0 Å². The molecule has 0 saturated heterocycles. The molecule has 0 saturated carbocycles. The van der Waals surface area contributed by atoms with Gasteiger partial charge in [-0.05, 0) is 42.8 Å². The minimum atomic E-state index is -4.90. The molecular weight excluding hydrogens is 543 g/mol. The number of rotatable bonds is 8. The molecule has 208 valence electrons. The maximum absolute atomic E-state index is 13.6. The Bertz CT molecular complexity index is 1500. The molecular formula is C25H25ClF3N5O5. The Balaban J connectivity index is 1.76. The van der Waals surface area contributed by atoms with Crippen molar-refractivity contribution >= 4 is 23.1 Å². The number of halogens is 4. The average molecular weight is 568 g/mol. The molecule has 0 bridgehead atoms. The fourth-order valence-electron chi connectivity index (χ4n) is 4.06. The molecule has 0 aliphatic carbocycles. The zero-order chi connectivity index (χ0) is 28.5. The fraction of sp³-hybridized carbons (Fsp3) is 0.280. The minimum Gasteiger partial charge on any atom is -0.511 e. The van der Waals surface area contributed by atoms with Crippen LogP contribution in [0.3, 0.4) is 0 Å². The molecule has 0 fully saturated rings. The van der Waals surface area contributed by atoms with Gasteiger partial charge in [-0.25, -0.2) is 4.79 Å². The van der Waals surface area contributed by atoms with Gasteiger partial charge in [0.1, 0.15) is 28.8 Å². The molecule has 0 amide bonds. The lowest BCUT2D eigenvalue weighted by Gasteiger charge is -2.27. The van der Waals surface area contributed by atoms with Crippen LogP contribution in [0.15, 0.2) is 70.0 Å². The molecule has 2 unspecified atom stereocenters. The molecule has 3 aromatic rings. The number of aliphatic hydroxyl groups is 1. The molecule has 1 aromatic heterocycles. The standard InChI is InChI=1S/C25H25ClF3N5O5/c1-14(30)10-17(35)13-34-22(36)20-21(32(2)24(34)37)31-23(33(20)12-15-6-8-16(26)9-7-15)38-18-4-3-5-19(11-18)39-25(27,28)29/h3-11,14,23,31,35H,12-13,30H2,1-2H3/b17-10-. The number of anilines is 2. The number of nitrogens with two attached hydrogens (primary N) is 1. The first-order valence-corrected chi connectivity index (χ1v) is 12.0. The largest absolute Gasteiger partial charge is 0.573 e. The van der Waals surface area contributed by atoms with Gasteiger partial charge in [-0.2, -0.15) is 0 Å². The van der Waals surface area contributed by atoms with E-state index in [1.807, 2.05) is 0 Å². The predicted molar refractivity (Wildman–Crippen MR) is 139 cm³/mol. The topological polar surface area (TPSA) is 124 Å². The summed E-state index contributed by atoms with van der Waals surface area (Å²) in [6.07, 6.45) is -4.70. The van der Waals surface area contributed by atoms with Crippen LogP contribution in [-0.4, -0.2) is 33.0 Å². The Morgan fingerprint density at radius 1 is 1.21 bits per heavy atom. The van der Waals surface area contributed by atoms with Crippen molar-refractivity contribution in [1.82, 2.24) is 9.13 Å². The third-order valence-corrected chi connectivity index (χ3v) is 5.94. The Kier molecular flexibility index (Phi) is 7.84. The number of alkyl halides is 3. The molecule has 4 rings (SSSR count). The van der Waals surface area contributed by atoms with Gasteiger partial charge in [-0.3, -0.25) is 13.9 Å². The molecule has 0 spiro atoms. The van der Waals surface area contributed by atoms with E-state index >= 15 is 0 Å². The van der Waals surface area contributed by atoms with Gasteiger partial charge in [0.2, 0.25) is 0 Å². The number of benzene rings is 2. The first kappa shape index (κ1) is 27.9. The molecule has 14 heteroatoms. The summed E-state index contributed by atoms with van der Waals surface area (Å²) in [6.45, 7) is 1.29.